The fourth-order valence-electron chi connectivity index (χ4n) is 1.62. The molecule has 0 aliphatic heterocycles. The number of carboxylic acids is 1. The molecule has 9 heteroatoms. The van der Waals surface area contributed by atoms with Gasteiger partial charge in [-0.25, -0.2) is 19.0 Å². The maximum absolute atomic E-state index is 13.1. The van der Waals surface area contributed by atoms with E-state index >= 15 is 0 Å². The first-order valence-electron chi connectivity index (χ1n) is 5.98. The summed E-state index contributed by atoms with van der Waals surface area (Å²) in [5, 5.41) is 20.0. The number of rotatable bonds is 5. The van der Waals surface area contributed by atoms with Gasteiger partial charge in [0.25, 0.3) is 0 Å². The van der Waals surface area contributed by atoms with Gasteiger partial charge < -0.3 is 15.7 Å². The van der Waals surface area contributed by atoms with Gasteiger partial charge in [0, 0.05) is 13.0 Å². The SMILES string of the molecule is O=C(NCCc1ncn[nH]1)Nc1cc(F)ccc1C(=O)O. The minimum absolute atomic E-state index is 0.111. The van der Waals surface area contributed by atoms with Gasteiger partial charge in [-0.1, -0.05) is 0 Å². The first-order chi connectivity index (χ1) is 10.1. The van der Waals surface area contributed by atoms with Crippen molar-refractivity contribution in [3.05, 3.63) is 41.7 Å². The minimum Gasteiger partial charge on any atom is -0.478 e. The van der Waals surface area contributed by atoms with Crippen molar-refractivity contribution in [1.82, 2.24) is 20.5 Å². The number of carbonyl (C=O) groups excluding carboxylic acids is 1. The highest BCUT2D eigenvalue weighted by Crippen LogP contribution is 2.17. The summed E-state index contributed by atoms with van der Waals surface area (Å²) in [5.74, 6) is -1.30. The first kappa shape index (κ1) is 14.4. The summed E-state index contributed by atoms with van der Waals surface area (Å²) in [4.78, 5) is 26.5. The number of benzene rings is 1. The molecule has 21 heavy (non-hydrogen) atoms. The Morgan fingerprint density at radius 3 is 2.86 bits per heavy atom. The molecule has 0 saturated heterocycles. The Hall–Kier alpha value is -2.97. The van der Waals surface area contributed by atoms with Crippen LogP contribution < -0.4 is 10.6 Å². The average molecular weight is 293 g/mol. The number of nitrogens with one attached hydrogen (secondary N) is 3. The summed E-state index contributed by atoms with van der Waals surface area (Å²) in [7, 11) is 0. The zero-order valence-electron chi connectivity index (χ0n) is 10.8. The molecule has 2 rings (SSSR count). The second-order valence-corrected chi connectivity index (χ2v) is 4.06. The van der Waals surface area contributed by atoms with Crippen molar-refractivity contribution < 1.29 is 19.1 Å². The second kappa shape index (κ2) is 6.46. The third-order valence-corrected chi connectivity index (χ3v) is 2.57. The van der Waals surface area contributed by atoms with Crippen LogP contribution >= 0.6 is 0 Å². The number of hydrogen-bond donors (Lipinski definition) is 4. The maximum atomic E-state index is 13.1. The Morgan fingerprint density at radius 1 is 1.38 bits per heavy atom. The lowest BCUT2D eigenvalue weighted by molar-refractivity contribution is 0.0698. The van der Waals surface area contributed by atoms with Gasteiger partial charge in [-0.15, -0.1) is 0 Å². The fraction of sp³-hybridized carbons (Fsp3) is 0.167. The van der Waals surface area contributed by atoms with Crippen LogP contribution in [0, 0.1) is 5.82 Å². The summed E-state index contributed by atoms with van der Waals surface area (Å²) in [6.45, 7) is 0.263. The van der Waals surface area contributed by atoms with Crippen molar-refractivity contribution in [3.63, 3.8) is 0 Å². The lowest BCUT2D eigenvalue weighted by atomic mass is 10.2. The van der Waals surface area contributed by atoms with Crippen LogP contribution in [0.2, 0.25) is 0 Å². The van der Waals surface area contributed by atoms with E-state index in [1.807, 2.05) is 0 Å². The number of nitrogens with zero attached hydrogens (tertiary/aromatic N) is 2. The number of hydrogen-bond acceptors (Lipinski definition) is 4. The molecule has 110 valence electrons. The number of halogens is 1. The topological polar surface area (TPSA) is 120 Å². The minimum atomic E-state index is -1.26. The summed E-state index contributed by atoms with van der Waals surface area (Å²) in [6, 6.07) is 2.40. The standard InChI is InChI=1S/C12H12FN5O3/c13-7-1-2-8(11(19)20)9(5-7)17-12(21)14-4-3-10-15-6-16-18-10/h1-2,5-6H,3-4H2,(H,19,20)(H2,14,17,21)(H,15,16,18). The van der Waals surface area contributed by atoms with E-state index < -0.39 is 17.8 Å². The number of anilines is 1. The molecule has 0 aliphatic rings. The molecule has 0 atom stereocenters. The Morgan fingerprint density at radius 2 is 2.19 bits per heavy atom. The normalized spacial score (nSPS) is 10.1. The molecule has 0 aliphatic carbocycles. The molecule has 0 spiro atoms. The molecule has 0 saturated carbocycles. The fourth-order valence-corrected chi connectivity index (χ4v) is 1.62. The van der Waals surface area contributed by atoms with Crippen molar-refractivity contribution in [2.45, 2.75) is 6.42 Å². The first-order valence-corrected chi connectivity index (χ1v) is 5.98. The van der Waals surface area contributed by atoms with Crippen LogP contribution in [-0.4, -0.2) is 38.8 Å². The lowest BCUT2D eigenvalue weighted by Crippen LogP contribution is -2.31. The number of amides is 2. The largest absolute Gasteiger partial charge is 0.478 e. The molecular formula is C12H12FN5O3. The molecule has 0 unspecified atom stereocenters. The van der Waals surface area contributed by atoms with Gasteiger partial charge in [0.1, 0.15) is 18.0 Å². The molecule has 0 fully saturated rings. The lowest BCUT2D eigenvalue weighted by Gasteiger charge is -2.09. The van der Waals surface area contributed by atoms with E-state index in [4.69, 9.17) is 5.11 Å². The predicted molar refractivity (Wildman–Crippen MR) is 70.5 cm³/mol. The molecule has 4 N–H and O–H groups in total. The molecular weight excluding hydrogens is 281 g/mol. The smallest absolute Gasteiger partial charge is 0.337 e. The molecule has 8 nitrogen and oxygen atoms in total. The van der Waals surface area contributed by atoms with Crippen LogP contribution in [0.15, 0.2) is 24.5 Å². The average Bonchev–Trinajstić information content (AvgIpc) is 2.91. The molecule has 0 radical (unpaired) electrons. The van der Waals surface area contributed by atoms with Gasteiger partial charge in [0.15, 0.2) is 0 Å². The number of urea groups is 1. The quantitative estimate of drug-likeness (QED) is 0.655. The van der Waals surface area contributed by atoms with Gasteiger partial charge in [-0.3, -0.25) is 5.10 Å². The van der Waals surface area contributed by atoms with Gasteiger partial charge >= 0.3 is 12.0 Å². The summed E-state index contributed by atoms with van der Waals surface area (Å²) in [5.41, 5.74) is -0.304. The van der Waals surface area contributed by atoms with Gasteiger partial charge in [-0.05, 0) is 18.2 Å². The number of carboxylic acid groups (broad SMARTS) is 1. The van der Waals surface area contributed by atoms with E-state index in [1.165, 1.54) is 6.33 Å². The van der Waals surface area contributed by atoms with E-state index in [9.17, 15) is 14.0 Å². The number of H-pyrrole nitrogens is 1. The molecule has 1 aromatic carbocycles. The van der Waals surface area contributed by atoms with Crippen molar-refractivity contribution >= 4 is 17.7 Å². The number of aromatic amines is 1. The molecule has 1 aromatic heterocycles. The highest BCUT2D eigenvalue weighted by Gasteiger charge is 2.13. The van der Waals surface area contributed by atoms with E-state index in [-0.39, 0.29) is 17.8 Å². The number of carbonyl (C=O) groups is 2. The van der Waals surface area contributed by atoms with E-state index in [2.05, 4.69) is 25.8 Å². The van der Waals surface area contributed by atoms with Crippen molar-refractivity contribution in [2.75, 3.05) is 11.9 Å². The molecule has 2 amide bonds. The van der Waals surface area contributed by atoms with Crippen LogP contribution in [0.3, 0.4) is 0 Å². The van der Waals surface area contributed by atoms with Crippen LogP contribution in [0.25, 0.3) is 0 Å². The zero-order valence-corrected chi connectivity index (χ0v) is 10.8. The van der Waals surface area contributed by atoms with Crippen molar-refractivity contribution in [3.8, 4) is 0 Å². The van der Waals surface area contributed by atoms with E-state index in [0.717, 1.165) is 18.2 Å². The van der Waals surface area contributed by atoms with Crippen LogP contribution in [0.5, 0.6) is 0 Å². The Bertz CT molecular complexity index is 644. The van der Waals surface area contributed by atoms with Crippen LogP contribution in [0.1, 0.15) is 16.2 Å². The Labute approximate surface area is 118 Å². The highest BCUT2D eigenvalue weighted by molar-refractivity contribution is 5.99. The van der Waals surface area contributed by atoms with Gasteiger partial charge in [0.05, 0.1) is 11.3 Å². The summed E-state index contributed by atoms with van der Waals surface area (Å²) >= 11 is 0. The maximum Gasteiger partial charge on any atom is 0.337 e. The third kappa shape index (κ3) is 4.00. The predicted octanol–water partition coefficient (Wildman–Crippen LogP) is 1.01. The molecule has 2 aromatic rings. The molecule has 1 heterocycles. The van der Waals surface area contributed by atoms with Gasteiger partial charge in [-0.2, -0.15) is 5.10 Å². The summed E-state index contributed by atoms with van der Waals surface area (Å²) < 4.78 is 13.1. The van der Waals surface area contributed by atoms with Crippen LogP contribution in [0.4, 0.5) is 14.9 Å². The van der Waals surface area contributed by atoms with Crippen LogP contribution in [-0.2, 0) is 6.42 Å². The summed E-state index contributed by atoms with van der Waals surface area (Å²) in [6.07, 6.45) is 1.78. The van der Waals surface area contributed by atoms with Crippen molar-refractivity contribution in [1.29, 1.82) is 0 Å². The van der Waals surface area contributed by atoms with Gasteiger partial charge in [0.2, 0.25) is 0 Å². The van der Waals surface area contributed by atoms with Crippen molar-refractivity contribution in [2.24, 2.45) is 0 Å². The second-order valence-electron chi connectivity index (χ2n) is 4.06. The van der Waals surface area contributed by atoms with E-state index in [1.54, 1.807) is 0 Å². The van der Waals surface area contributed by atoms with E-state index in [0.29, 0.717) is 12.2 Å². The highest BCUT2D eigenvalue weighted by atomic mass is 19.1. The number of aromatic carboxylic acids is 1. The number of aromatic nitrogens is 3. The Balaban J connectivity index is 1.93. The monoisotopic (exact) mass is 293 g/mol. The molecule has 0 bridgehead atoms. The zero-order chi connectivity index (χ0) is 15.2. The Kier molecular flexibility index (Phi) is 4.44. The third-order valence-electron chi connectivity index (χ3n) is 2.57.